The highest BCUT2D eigenvalue weighted by Gasteiger charge is 2.13. The molecule has 28 heavy (non-hydrogen) atoms. The van der Waals surface area contributed by atoms with E-state index < -0.39 is 0 Å². The van der Waals surface area contributed by atoms with Crippen LogP contribution in [0.3, 0.4) is 0 Å². The van der Waals surface area contributed by atoms with Crippen LogP contribution in [0, 0.1) is 0 Å². The molecule has 0 saturated carbocycles. The molecule has 0 unspecified atom stereocenters. The van der Waals surface area contributed by atoms with Crippen molar-refractivity contribution in [2.75, 3.05) is 19.8 Å². The van der Waals surface area contributed by atoms with Gasteiger partial charge in [-0.25, -0.2) is 4.98 Å². The van der Waals surface area contributed by atoms with E-state index in [9.17, 15) is 4.79 Å². The van der Waals surface area contributed by atoms with Crippen molar-refractivity contribution in [2.45, 2.75) is 32.3 Å². The molecule has 0 spiro atoms. The van der Waals surface area contributed by atoms with E-state index in [0.717, 1.165) is 41.3 Å². The number of nitrogens with one attached hydrogen (secondary N) is 1. The van der Waals surface area contributed by atoms with E-state index in [1.54, 1.807) is 11.8 Å². The van der Waals surface area contributed by atoms with Crippen LogP contribution in [0.5, 0.6) is 0 Å². The maximum atomic E-state index is 12.6. The van der Waals surface area contributed by atoms with Crippen LogP contribution in [0.1, 0.15) is 23.9 Å². The molecular formula is C22H28N4OS. The molecule has 5 nitrogen and oxygen atoms in total. The molecule has 3 aromatic rings. The Morgan fingerprint density at radius 2 is 1.96 bits per heavy atom. The minimum Gasteiger partial charge on any atom is -0.350 e. The van der Waals surface area contributed by atoms with Crippen molar-refractivity contribution in [2.24, 2.45) is 0 Å². The van der Waals surface area contributed by atoms with E-state index in [1.807, 2.05) is 35.1 Å². The Hall–Kier alpha value is -2.31. The molecule has 3 rings (SSSR count). The summed E-state index contributed by atoms with van der Waals surface area (Å²) >= 11 is 1.71. The van der Waals surface area contributed by atoms with Gasteiger partial charge in [0.1, 0.15) is 12.4 Å². The minimum absolute atomic E-state index is 0.00147. The lowest BCUT2D eigenvalue weighted by atomic mass is 10.1. The number of carbonyl (C=O) groups is 1. The predicted octanol–water partition coefficient (Wildman–Crippen LogP) is 3.67. The van der Waals surface area contributed by atoms with Crippen LogP contribution in [0.4, 0.5) is 0 Å². The topological polar surface area (TPSA) is 50.2 Å². The Morgan fingerprint density at radius 3 is 2.75 bits per heavy atom. The Bertz CT molecular complexity index is 937. The third-order valence-corrected chi connectivity index (χ3v) is 5.33. The lowest BCUT2D eigenvalue weighted by Gasteiger charge is -2.15. The first-order valence-electron chi connectivity index (χ1n) is 9.56. The van der Waals surface area contributed by atoms with Crippen molar-refractivity contribution < 1.29 is 4.79 Å². The zero-order chi connectivity index (χ0) is 19.9. The van der Waals surface area contributed by atoms with Crippen molar-refractivity contribution in [3.8, 4) is 0 Å². The molecular weight excluding hydrogens is 368 g/mol. The van der Waals surface area contributed by atoms with E-state index in [2.05, 4.69) is 53.4 Å². The van der Waals surface area contributed by atoms with E-state index in [4.69, 9.17) is 0 Å². The van der Waals surface area contributed by atoms with Gasteiger partial charge in [0.25, 0.3) is 0 Å². The largest absolute Gasteiger partial charge is 0.350 e. The summed E-state index contributed by atoms with van der Waals surface area (Å²) in [6.07, 6.45) is 2.05. The summed E-state index contributed by atoms with van der Waals surface area (Å²) in [7, 11) is 2.11. The highest BCUT2D eigenvalue weighted by Crippen LogP contribution is 2.19. The Balaban J connectivity index is 1.66. The molecule has 0 radical (unpaired) electrons. The Morgan fingerprint density at radius 1 is 1.18 bits per heavy atom. The lowest BCUT2D eigenvalue weighted by molar-refractivity contribution is -0.121. The van der Waals surface area contributed by atoms with Gasteiger partial charge in [-0.05, 0) is 43.1 Å². The molecule has 0 saturated heterocycles. The van der Waals surface area contributed by atoms with Crippen LogP contribution in [-0.2, 0) is 30.2 Å². The van der Waals surface area contributed by atoms with Gasteiger partial charge in [0.2, 0.25) is 5.91 Å². The van der Waals surface area contributed by atoms with Crippen LogP contribution in [0.2, 0.25) is 0 Å². The first kappa shape index (κ1) is 20.4. The lowest BCUT2D eigenvalue weighted by Crippen LogP contribution is -2.27. The second-order valence-corrected chi connectivity index (χ2v) is 7.83. The molecule has 0 bridgehead atoms. The van der Waals surface area contributed by atoms with E-state index in [1.165, 1.54) is 5.56 Å². The average molecular weight is 397 g/mol. The number of para-hydroxylation sites is 2. The quantitative estimate of drug-likeness (QED) is 0.600. The van der Waals surface area contributed by atoms with Crippen LogP contribution in [-0.4, -0.2) is 40.2 Å². The normalized spacial score (nSPS) is 11.3. The molecule has 148 valence electrons. The first-order chi connectivity index (χ1) is 13.6. The molecule has 0 aliphatic carbocycles. The number of fused-ring (bicyclic) bond motifs is 1. The summed E-state index contributed by atoms with van der Waals surface area (Å²) in [5, 5.41) is 3.06. The number of benzene rings is 2. The highest BCUT2D eigenvalue weighted by molar-refractivity contribution is 7.97. The summed E-state index contributed by atoms with van der Waals surface area (Å²) in [5.41, 5.74) is 4.33. The van der Waals surface area contributed by atoms with Gasteiger partial charge in [-0.2, -0.15) is 11.8 Å². The van der Waals surface area contributed by atoms with Crippen molar-refractivity contribution in [3.05, 3.63) is 65.5 Å². The molecule has 0 aliphatic heterocycles. The number of hydrogen-bond acceptors (Lipinski definition) is 4. The van der Waals surface area contributed by atoms with Crippen LogP contribution in [0.15, 0.2) is 48.5 Å². The maximum Gasteiger partial charge on any atom is 0.240 e. The maximum absolute atomic E-state index is 12.6. The van der Waals surface area contributed by atoms with E-state index in [0.29, 0.717) is 6.54 Å². The second kappa shape index (κ2) is 9.75. The number of aromatic nitrogens is 2. The fraction of sp³-hybridized carbons (Fsp3) is 0.364. The average Bonchev–Trinajstić information content (AvgIpc) is 3.04. The predicted molar refractivity (Wildman–Crippen MR) is 117 cm³/mol. The zero-order valence-corrected chi connectivity index (χ0v) is 17.6. The fourth-order valence-electron chi connectivity index (χ4n) is 3.20. The summed E-state index contributed by atoms with van der Waals surface area (Å²) in [6.45, 7) is 4.90. The number of imidazole rings is 1. The van der Waals surface area contributed by atoms with Gasteiger partial charge in [0.15, 0.2) is 0 Å². The fourth-order valence-corrected chi connectivity index (χ4v) is 3.68. The van der Waals surface area contributed by atoms with Crippen molar-refractivity contribution >= 4 is 28.7 Å². The smallest absolute Gasteiger partial charge is 0.240 e. The zero-order valence-electron chi connectivity index (χ0n) is 16.8. The van der Waals surface area contributed by atoms with Gasteiger partial charge in [-0.15, -0.1) is 0 Å². The number of carbonyl (C=O) groups excluding carboxylic acids is 1. The molecule has 1 amide bonds. The highest BCUT2D eigenvalue weighted by atomic mass is 32.2. The molecule has 0 atom stereocenters. The number of amides is 1. The van der Waals surface area contributed by atoms with Crippen molar-refractivity contribution in [1.29, 1.82) is 0 Å². The van der Waals surface area contributed by atoms with Crippen molar-refractivity contribution in [3.63, 3.8) is 0 Å². The number of thioether (sulfide) groups is 1. The molecule has 2 aromatic carbocycles. The third-order valence-electron chi connectivity index (χ3n) is 4.78. The standard InChI is InChI=1S/C22H28N4OS/c1-4-25(2)14-18-9-7-8-17(12-18)13-23-22(27)15-26-20-11-6-5-10-19(20)24-21(26)16-28-3/h5-12H,4,13-16H2,1-3H3,(H,23,27). The summed E-state index contributed by atoms with van der Waals surface area (Å²) in [4.78, 5) is 19.6. The molecule has 0 fully saturated rings. The third kappa shape index (κ3) is 5.14. The van der Waals surface area contributed by atoms with Gasteiger partial charge in [0, 0.05) is 13.1 Å². The molecule has 1 heterocycles. The molecule has 6 heteroatoms. The van der Waals surface area contributed by atoms with Gasteiger partial charge >= 0.3 is 0 Å². The van der Waals surface area contributed by atoms with Crippen LogP contribution < -0.4 is 5.32 Å². The monoisotopic (exact) mass is 396 g/mol. The SMILES string of the molecule is CCN(C)Cc1cccc(CNC(=O)Cn2c(CSC)nc3ccccc32)c1. The van der Waals surface area contributed by atoms with Crippen LogP contribution in [0.25, 0.3) is 11.0 Å². The minimum atomic E-state index is 0.00147. The molecule has 1 N–H and O–H groups in total. The summed E-state index contributed by atoms with van der Waals surface area (Å²) in [5.74, 6) is 1.73. The summed E-state index contributed by atoms with van der Waals surface area (Å²) in [6, 6.07) is 16.4. The van der Waals surface area contributed by atoms with Gasteiger partial charge in [-0.1, -0.05) is 43.3 Å². The number of rotatable bonds is 9. The first-order valence-corrected chi connectivity index (χ1v) is 11.0. The number of hydrogen-bond donors (Lipinski definition) is 1. The van der Waals surface area contributed by atoms with Crippen molar-refractivity contribution in [1.82, 2.24) is 19.8 Å². The van der Waals surface area contributed by atoms with E-state index in [-0.39, 0.29) is 12.5 Å². The van der Waals surface area contributed by atoms with Gasteiger partial charge in [-0.3, -0.25) is 4.79 Å². The Kier molecular flexibility index (Phi) is 7.12. The van der Waals surface area contributed by atoms with Gasteiger partial charge in [0.05, 0.1) is 16.8 Å². The molecule has 1 aromatic heterocycles. The second-order valence-electron chi connectivity index (χ2n) is 6.96. The number of nitrogens with zero attached hydrogens (tertiary/aromatic N) is 3. The Labute approximate surface area is 171 Å². The summed E-state index contributed by atoms with van der Waals surface area (Å²) < 4.78 is 2.02. The molecule has 0 aliphatic rings. The van der Waals surface area contributed by atoms with E-state index >= 15 is 0 Å². The van der Waals surface area contributed by atoms with Crippen LogP contribution >= 0.6 is 11.8 Å². The van der Waals surface area contributed by atoms with Gasteiger partial charge < -0.3 is 14.8 Å².